The predicted molar refractivity (Wildman–Crippen MR) is 176 cm³/mol. The number of allylic oxidation sites excluding steroid dienone is 2. The van der Waals surface area contributed by atoms with Crippen molar-refractivity contribution in [2.75, 3.05) is 53.2 Å². The molecule has 0 bridgehead atoms. The first-order valence-electron chi connectivity index (χ1n) is 14.5. The molecule has 3 rings (SSSR count). The van der Waals surface area contributed by atoms with E-state index in [9.17, 15) is 9.59 Å². The molecule has 1 aromatic carbocycles. The van der Waals surface area contributed by atoms with Gasteiger partial charge in [-0.2, -0.15) is 0 Å². The highest BCUT2D eigenvalue weighted by molar-refractivity contribution is 6.66. The number of anilines is 1. The molecule has 0 saturated heterocycles. The van der Waals surface area contributed by atoms with E-state index in [0.29, 0.717) is 25.5 Å². The topological polar surface area (TPSA) is 96.0 Å². The molecule has 2 heterocycles. The van der Waals surface area contributed by atoms with E-state index < -0.39 is 8.80 Å². The van der Waals surface area contributed by atoms with Crippen molar-refractivity contribution in [3.63, 3.8) is 0 Å². The second kappa shape index (κ2) is 20.7. The van der Waals surface area contributed by atoms with Crippen LogP contribution in [0.15, 0.2) is 85.4 Å². The molecule has 0 fully saturated rings. The molecule has 2 aliphatic heterocycles. The third kappa shape index (κ3) is 12.4. The van der Waals surface area contributed by atoms with Crippen LogP contribution in [0, 0.1) is 0 Å². The Morgan fingerprint density at radius 1 is 0.864 bits per heavy atom. The van der Waals surface area contributed by atoms with Gasteiger partial charge < -0.3 is 27.5 Å². The average Bonchev–Trinajstić information content (AvgIpc) is 3.55. The number of benzene rings is 1. The molecule has 0 radical (unpaired) electrons. The minimum absolute atomic E-state index is 0.0173. The Hall–Kier alpha value is -3.16. The number of carbonyl (C=O) groups excluding carboxylic acids is 2. The maximum Gasteiger partial charge on any atom is 0.528 e. The van der Waals surface area contributed by atoms with E-state index in [0.717, 1.165) is 17.8 Å². The summed E-state index contributed by atoms with van der Waals surface area (Å²) < 4.78 is 30.8. The Balaban J connectivity index is 0.000000349. The molecule has 1 aromatic rings. The molecule has 44 heavy (non-hydrogen) atoms. The molecule has 2 amide bonds. The molecule has 0 aromatic heterocycles. The summed E-state index contributed by atoms with van der Waals surface area (Å²) in [5, 5.41) is 0. The highest BCUT2D eigenvalue weighted by Crippen LogP contribution is 2.24. The Bertz CT molecular complexity index is 1090. The summed E-state index contributed by atoms with van der Waals surface area (Å²) in [7, 11) is 3.83. The number of ether oxygens (including phenoxy) is 3. The molecule has 11 heteroatoms. The van der Waals surface area contributed by atoms with Crippen LogP contribution >= 0.6 is 0 Å². The van der Waals surface area contributed by atoms with Crippen LogP contribution in [-0.4, -0.2) is 86.1 Å². The van der Waals surface area contributed by atoms with Gasteiger partial charge in [-0.3, -0.25) is 19.4 Å². The lowest BCUT2D eigenvalue weighted by Crippen LogP contribution is -2.40. The molecular formula is C33H50N2O8Si. The fourth-order valence-corrected chi connectivity index (χ4v) is 5.15. The van der Waals surface area contributed by atoms with E-state index in [-0.39, 0.29) is 24.1 Å². The van der Waals surface area contributed by atoms with Crippen LogP contribution in [0.3, 0.4) is 0 Å². The molecular weight excluding hydrogens is 580 g/mol. The van der Waals surface area contributed by atoms with Crippen LogP contribution in [0.25, 0.3) is 0 Å². The van der Waals surface area contributed by atoms with Crippen molar-refractivity contribution in [1.82, 2.24) is 4.90 Å². The van der Waals surface area contributed by atoms with Crippen molar-refractivity contribution in [2.24, 2.45) is 0 Å². The van der Waals surface area contributed by atoms with Gasteiger partial charge in [0, 0.05) is 57.7 Å². The summed E-state index contributed by atoms with van der Waals surface area (Å²) in [5.74, 6) is -0.115. The SMILES string of the molecule is C=C1C=CC(=O)N1C(C)OC(C)COCCOC.C=C1C=CC(=O)N1c1ccc(CCCC)cc1.C=C[Si](OC)(OC)OC. The van der Waals surface area contributed by atoms with Crippen LogP contribution in [0.1, 0.15) is 39.2 Å². The number of nitrogens with zero attached hydrogens (tertiary/aromatic N) is 2. The number of hydrogen-bond donors (Lipinski definition) is 0. The Labute approximate surface area is 264 Å². The molecule has 2 aliphatic rings. The maximum absolute atomic E-state index is 11.6. The smallest absolute Gasteiger partial charge is 0.382 e. The molecule has 0 N–H and O–H groups in total. The number of unbranched alkanes of at least 4 members (excludes halogenated alkanes) is 1. The van der Waals surface area contributed by atoms with Gasteiger partial charge in [-0.1, -0.05) is 45.2 Å². The van der Waals surface area contributed by atoms with Gasteiger partial charge in [-0.05, 0) is 62.2 Å². The zero-order chi connectivity index (χ0) is 33.1. The van der Waals surface area contributed by atoms with Crippen LogP contribution in [0.5, 0.6) is 0 Å². The van der Waals surface area contributed by atoms with Crippen LogP contribution in [0.4, 0.5) is 5.69 Å². The van der Waals surface area contributed by atoms with Crippen molar-refractivity contribution < 1.29 is 37.1 Å². The van der Waals surface area contributed by atoms with Gasteiger partial charge in [0.05, 0.1) is 25.9 Å². The van der Waals surface area contributed by atoms with Crippen LogP contribution in [-0.2, 0) is 43.5 Å². The van der Waals surface area contributed by atoms with E-state index in [1.807, 2.05) is 26.0 Å². The number of amides is 2. The van der Waals surface area contributed by atoms with Crippen molar-refractivity contribution in [3.05, 3.63) is 91.0 Å². The number of methoxy groups -OCH3 is 1. The highest BCUT2D eigenvalue weighted by atomic mass is 28.4. The molecule has 2 unspecified atom stereocenters. The maximum atomic E-state index is 11.6. The summed E-state index contributed by atoms with van der Waals surface area (Å²) in [6.07, 6.45) is 9.52. The van der Waals surface area contributed by atoms with Crippen molar-refractivity contribution >= 4 is 26.3 Å². The number of aryl methyl sites for hydroxylation is 1. The normalized spacial score (nSPS) is 15.6. The van der Waals surface area contributed by atoms with Gasteiger partial charge in [0.15, 0.2) is 0 Å². The third-order valence-electron chi connectivity index (χ3n) is 6.59. The fourth-order valence-electron chi connectivity index (χ4n) is 4.15. The molecule has 0 saturated carbocycles. The van der Waals surface area contributed by atoms with Gasteiger partial charge in [0.1, 0.15) is 6.23 Å². The second-order valence-electron chi connectivity index (χ2n) is 9.84. The first-order valence-corrected chi connectivity index (χ1v) is 16.3. The van der Waals surface area contributed by atoms with Crippen LogP contribution in [0.2, 0.25) is 0 Å². The monoisotopic (exact) mass is 630 g/mol. The number of rotatable bonds is 16. The highest BCUT2D eigenvalue weighted by Gasteiger charge is 2.33. The van der Waals surface area contributed by atoms with E-state index in [2.05, 4.69) is 38.8 Å². The molecule has 2 atom stereocenters. The summed E-state index contributed by atoms with van der Waals surface area (Å²) in [6.45, 7) is 18.7. The summed E-state index contributed by atoms with van der Waals surface area (Å²) >= 11 is 0. The first kappa shape index (κ1) is 38.9. The lowest BCUT2D eigenvalue weighted by atomic mass is 10.1. The molecule has 244 valence electrons. The summed E-state index contributed by atoms with van der Waals surface area (Å²) in [4.78, 5) is 26.3. The van der Waals surface area contributed by atoms with Gasteiger partial charge in [0.2, 0.25) is 0 Å². The zero-order valence-corrected chi connectivity index (χ0v) is 28.4. The van der Waals surface area contributed by atoms with E-state index in [4.69, 9.17) is 27.5 Å². The lowest BCUT2D eigenvalue weighted by Gasteiger charge is -2.28. The van der Waals surface area contributed by atoms with E-state index >= 15 is 0 Å². The van der Waals surface area contributed by atoms with E-state index in [1.54, 1.807) is 57.3 Å². The standard InChI is InChI=1S/C15H17NO.C13H21NO4.C5H12O3Si/c1-3-4-5-13-7-9-14(10-8-13)16-12(2)6-11-15(16)17;1-10-5-6-13(15)14(10)12(3)18-11(2)9-17-8-7-16-4;1-5-9(6-2,7-3)8-4/h6-11H,2-5H2,1H3;5-6,11-12H,1,7-9H2,2-4H3;5H,1H2,2-4H3. The van der Waals surface area contributed by atoms with Crippen LogP contribution < -0.4 is 4.90 Å². The van der Waals surface area contributed by atoms with Gasteiger partial charge >= 0.3 is 8.80 Å². The summed E-state index contributed by atoms with van der Waals surface area (Å²) in [6, 6.07) is 8.15. The first-order chi connectivity index (χ1) is 21.0. The van der Waals surface area contributed by atoms with E-state index in [1.165, 1.54) is 29.4 Å². The molecule has 0 aliphatic carbocycles. The van der Waals surface area contributed by atoms with Crippen molar-refractivity contribution in [1.29, 1.82) is 0 Å². The third-order valence-corrected chi connectivity index (χ3v) is 8.79. The molecule has 10 nitrogen and oxygen atoms in total. The Morgan fingerprint density at radius 3 is 1.89 bits per heavy atom. The number of carbonyl (C=O) groups is 2. The Morgan fingerprint density at radius 2 is 1.45 bits per heavy atom. The molecule has 0 spiro atoms. The van der Waals surface area contributed by atoms with Crippen molar-refractivity contribution in [3.8, 4) is 0 Å². The van der Waals surface area contributed by atoms with Gasteiger partial charge in [0.25, 0.3) is 11.8 Å². The van der Waals surface area contributed by atoms with Gasteiger partial charge in [-0.25, -0.2) is 0 Å². The second-order valence-corrected chi connectivity index (χ2v) is 12.7. The summed E-state index contributed by atoms with van der Waals surface area (Å²) in [5.41, 5.74) is 5.18. The average molecular weight is 631 g/mol. The zero-order valence-electron chi connectivity index (χ0n) is 27.4. The minimum Gasteiger partial charge on any atom is -0.382 e. The minimum atomic E-state index is -2.43. The lowest BCUT2D eigenvalue weighted by molar-refractivity contribution is -0.141. The predicted octanol–water partition coefficient (Wildman–Crippen LogP) is 5.35. The Kier molecular flexibility index (Phi) is 18.3. The largest absolute Gasteiger partial charge is 0.528 e. The fraction of sp³-hybridized carbons (Fsp3) is 0.455. The van der Waals surface area contributed by atoms with Crippen molar-refractivity contribution in [2.45, 2.75) is 52.4 Å². The van der Waals surface area contributed by atoms with Gasteiger partial charge in [-0.15, -0.1) is 0 Å². The quantitative estimate of drug-likeness (QED) is 0.178. The number of hydrogen-bond acceptors (Lipinski definition) is 8.